The molecule has 3 aromatic rings. The number of nitrogens with one attached hydrogen (secondary N) is 1. The number of nitrogens with zero attached hydrogens (tertiary/aromatic N) is 4. The molecule has 0 saturated carbocycles. The van der Waals surface area contributed by atoms with Crippen LogP contribution in [0.3, 0.4) is 0 Å². The highest BCUT2D eigenvalue weighted by Crippen LogP contribution is 2.36. The van der Waals surface area contributed by atoms with Crippen LogP contribution >= 0.6 is 11.8 Å². The van der Waals surface area contributed by atoms with E-state index in [0.29, 0.717) is 43.3 Å². The van der Waals surface area contributed by atoms with Crippen LogP contribution in [0, 0.1) is 0 Å². The Morgan fingerprint density at radius 1 is 0.974 bits per heavy atom. The van der Waals surface area contributed by atoms with Crippen molar-refractivity contribution >= 4 is 34.7 Å². The monoisotopic (exact) mass is 547 g/mol. The van der Waals surface area contributed by atoms with Crippen molar-refractivity contribution in [3.05, 3.63) is 59.8 Å². The highest BCUT2D eigenvalue weighted by molar-refractivity contribution is 8.00. The Morgan fingerprint density at radius 3 is 2.37 bits per heavy atom. The van der Waals surface area contributed by atoms with Gasteiger partial charge in [0.1, 0.15) is 6.61 Å². The van der Waals surface area contributed by atoms with Crippen molar-refractivity contribution in [3.63, 3.8) is 0 Å². The maximum absolute atomic E-state index is 13.0. The van der Waals surface area contributed by atoms with E-state index in [4.69, 9.17) is 4.74 Å². The number of benzene rings is 2. The Bertz CT molecular complexity index is 1270. The molecule has 2 saturated heterocycles. The molecule has 0 atom stereocenters. The molecule has 1 aromatic heterocycles. The van der Waals surface area contributed by atoms with Crippen molar-refractivity contribution in [2.75, 3.05) is 39.3 Å². The summed E-state index contributed by atoms with van der Waals surface area (Å²) in [6, 6.07) is 11.7. The molecule has 202 valence electrons. The quantitative estimate of drug-likeness (QED) is 0.465. The van der Waals surface area contributed by atoms with Gasteiger partial charge < -0.3 is 14.5 Å². The number of aromatic nitrogens is 2. The first kappa shape index (κ1) is 26.4. The Kier molecular flexibility index (Phi) is 7.80. The van der Waals surface area contributed by atoms with Crippen LogP contribution in [0.25, 0.3) is 10.9 Å². The fourth-order valence-electron chi connectivity index (χ4n) is 4.99. The Labute approximate surface area is 222 Å². The van der Waals surface area contributed by atoms with Gasteiger partial charge in [0.25, 0.3) is 5.91 Å². The minimum atomic E-state index is -4.33. The van der Waals surface area contributed by atoms with Crippen LogP contribution in [-0.4, -0.2) is 87.7 Å². The lowest BCUT2D eigenvalue weighted by Gasteiger charge is -2.42. The molecule has 5 rings (SSSR count). The molecule has 3 heterocycles. The number of piperidine rings is 1. The number of aromatic amines is 1. The number of hydrogen-bond donors (Lipinski definition) is 1. The largest absolute Gasteiger partial charge is 0.446 e. The van der Waals surface area contributed by atoms with Crippen LogP contribution in [0.1, 0.15) is 28.8 Å². The van der Waals surface area contributed by atoms with Gasteiger partial charge in [-0.3, -0.25) is 14.8 Å². The van der Waals surface area contributed by atoms with Gasteiger partial charge in [-0.2, -0.15) is 18.3 Å². The lowest BCUT2D eigenvalue weighted by Crippen LogP contribution is -2.54. The molecule has 0 bridgehead atoms. The molecular formula is C26H28F3N5O3S. The summed E-state index contributed by atoms with van der Waals surface area (Å²) in [5.41, 5.74) is -2.13. The number of piperazine rings is 1. The number of alkyl halides is 3. The summed E-state index contributed by atoms with van der Waals surface area (Å²) in [6.07, 6.45) is 2.94. The maximum atomic E-state index is 13.0. The molecule has 2 amide bonds. The number of amides is 2. The van der Waals surface area contributed by atoms with E-state index in [9.17, 15) is 22.8 Å². The SMILES string of the molecule is O=C(OCc1ccc(SC(F)(F)F)cc1)N1CCC(N2CCN(C(=O)c3ccc4[nH]ncc4c3)CC2)CC1. The Balaban J connectivity index is 1.04. The van der Waals surface area contributed by atoms with Crippen molar-refractivity contribution in [3.8, 4) is 0 Å². The normalized spacial score (nSPS) is 17.7. The van der Waals surface area contributed by atoms with E-state index < -0.39 is 11.6 Å². The molecule has 0 aliphatic carbocycles. The summed E-state index contributed by atoms with van der Waals surface area (Å²) in [7, 11) is 0. The van der Waals surface area contributed by atoms with Gasteiger partial charge in [0.2, 0.25) is 0 Å². The Morgan fingerprint density at radius 2 is 1.68 bits per heavy atom. The van der Waals surface area contributed by atoms with Crippen LogP contribution in [0.4, 0.5) is 18.0 Å². The molecule has 12 heteroatoms. The van der Waals surface area contributed by atoms with Crippen molar-refractivity contribution in [2.45, 2.75) is 35.9 Å². The number of fused-ring (bicyclic) bond motifs is 1. The van der Waals surface area contributed by atoms with E-state index >= 15 is 0 Å². The van der Waals surface area contributed by atoms with Crippen LogP contribution in [-0.2, 0) is 11.3 Å². The smallest absolute Gasteiger partial charge is 0.445 e. The second-order valence-corrected chi connectivity index (χ2v) is 10.6. The van der Waals surface area contributed by atoms with Gasteiger partial charge in [-0.1, -0.05) is 12.1 Å². The summed E-state index contributed by atoms with van der Waals surface area (Å²) >= 11 is -0.173. The fourth-order valence-corrected chi connectivity index (χ4v) is 5.53. The van der Waals surface area contributed by atoms with Crippen molar-refractivity contribution in [1.82, 2.24) is 24.9 Å². The summed E-state index contributed by atoms with van der Waals surface area (Å²) in [5.74, 6) is 0.0269. The van der Waals surface area contributed by atoms with Crippen LogP contribution < -0.4 is 0 Å². The third kappa shape index (κ3) is 6.41. The minimum absolute atomic E-state index is 0.0131. The number of carbonyl (C=O) groups excluding carboxylic acids is 2. The van der Waals surface area contributed by atoms with E-state index in [1.807, 2.05) is 23.1 Å². The number of likely N-dealkylation sites (tertiary alicyclic amines) is 1. The van der Waals surface area contributed by atoms with E-state index in [1.54, 1.807) is 11.1 Å². The number of H-pyrrole nitrogens is 1. The first-order valence-corrected chi connectivity index (χ1v) is 13.3. The molecule has 38 heavy (non-hydrogen) atoms. The van der Waals surface area contributed by atoms with Gasteiger partial charge in [-0.15, -0.1) is 0 Å². The molecule has 0 radical (unpaired) electrons. The molecule has 2 aromatic carbocycles. The molecular weight excluding hydrogens is 519 g/mol. The summed E-state index contributed by atoms with van der Waals surface area (Å²) in [6.45, 7) is 4.06. The topological polar surface area (TPSA) is 81.8 Å². The predicted molar refractivity (Wildman–Crippen MR) is 137 cm³/mol. The zero-order valence-corrected chi connectivity index (χ0v) is 21.4. The van der Waals surface area contributed by atoms with Crippen LogP contribution in [0.15, 0.2) is 53.6 Å². The fraction of sp³-hybridized carbons (Fsp3) is 0.423. The van der Waals surface area contributed by atoms with Crippen LogP contribution in [0.2, 0.25) is 0 Å². The lowest BCUT2D eigenvalue weighted by atomic mass is 10.0. The van der Waals surface area contributed by atoms with Gasteiger partial charge in [0, 0.05) is 61.2 Å². The minimum Gasteiger partial charge on any atom is -0.445 e. The van der Waals surface area contributed by atoms with Crippen molar-refractivity contribution in [1.29, 1.82) is 0 Å². The molecule has 2 aliphatic heterocycles. The number of rotatable bonds is 5. The zero-order chi connectivity index (χ0) is 26.7. The van der Waals surface area contributed by atoms with Gasteiger partial charge in [0.15, 0.2) is 0 Å². The van der Waals surface area contributed by atoms with E-state index in [1.165, 1.54) is 24.3 Å². The number of hydrogen-bond acceptors (Lipinski definition) is 6. The average molecular weight is 548 g/mol. The molecule has 0 unspecified atom stereocenters. The van der Waals surface area contributed by atoms with Crippen molar-refractivity contribution in [2.24, 2.45) is 0 Å². The summed E-state index contributed by atoms with van der Waals surface area (Å²) in [4.78, 5) is 31.5. The molecule has 2 aliphatic rings. The standard InChI is InChI=1S/C26H28F3N5O3S/c27-26(28,29)38-22-4-1-18(2-5-22)17-37-25(36)34-9-7-21(8-10-34)32-11-13-33(14-12-32)24(35)19-3-6-23-20(15-19)16-30-31-23/h1-6,15-16,21H,7-14,17H2,(H,30,31). The van der Waals surface area contributed by atoms with Gasteiger partial charge in [-0.05, 0) is 60.5 Å². The Hall–Kier alpha value is -3.25. The zero-order valence-electron chi connectivity index (χ0n) is 20.6. The highest BCUT2D eigenvalue weighted by Gasteiger charge is 2.31. The molecule has 2 fully saturated rings. The summed E-state index contributed by atoms with van der Waals surface area (Å²) in [5, 5.41) is 7.82. The van der Waals surface area contributed by atoms with Crippen LogP contribution in [0.5, 0.6) is 0 Å². The number of halogens is 3. The lowest BCUT2D eigenvalue weighted by molar-refractivity contribution is -0.0328. The second kappa shape index (κ2) is 11.2. The van der Waals surface area contributed by atoms with E-state index in [2.05, 4.69) is 15.1 Å². The van der Waals surface area contributed by atoms with Gasteiger partial charge >= 0.3 is 11.6 Å². The predicted octanol–water partition coefficient (Wildman–Crippen LogP) is 4.73. The van der Waals surface area contributed by atoms with Gasteiger partial charge in [0.05, 0.1) is 11.7 Å². The summed E-state index contributed by atoms with van der Waals surface area (Å²) < 4.78 is 42.8. The maximum Gasteiger partial charge on any atom is 0.446 e. The first-order chi connectivity index (χ1) is 18.2. The third-order valence-corrected chi connectivity index (χ3v) is 7.79. The van der Waals surface area contributed by atoms with Gasteiger partial charge in [-0.25, -0.2) is 4.79 Å². The van der Waals surface area contributed by atoms with Crippen molar-refractivity contribution < 1.29 is 27.5 Å². The average Bonchev–Trinajstić information content (AvgIpc) is 3.39. The number of carbonyl (C=O) groups is 2. The first-order valence-electron chi connectivity index (χ1n) is 12.5. The molecule has 0 spiro atoms. The van der Waals surface area contributed by atoms with E-state index in [-0.39, 0.29) is 29.2 Å². The highest BCUT2D eigenvalue weighted by atomic mass is 32.2. The third-order valence-electron chi connectivity index (χ3n) is 7.05. The number of thioether (sulfide) groups is 1. The molecule has 1 N–H and O–H groups in total. The second-order valence-electron chi connectivity index (χ2n) is 9.46. The molecule has 8 nitrogen and oxygen atoms in total. The number of ether oxygens (including phenoxy) is 1. The van der Waals surface area contributed by atoms with E-state index in [0.717, 1.165) is 36.8 Å².